The van der Waals surface area contributed by atoms with E-state index >= 15 is 0 Å². The lowest BCUT2D eigenvalue weighted by atomic mass is 10.1. The van der Waals surface area contributed by atoms with Crippen LogP contribution in [0.3, 0.4) is 0 Å². The molecule has 1 amide bonds. The topological polar surface area (TPSA) is 155 Å². The summed E-state index contributed by atoms with van der Waals surface area (Å²) in [4.78, 5) is 20.9. The molecule has 2 aromatic heterocycles. The molecule has 0 saturated carbocycles. The summed E-state index contributed by atoms with van der Waals surface area (Å²) in [5.74, 6) is 2.09. The van der Waals surface area contributed by atoms with Gasteiger partial charge in [-0.2, -0.15) is 20.3 Å². The fourth-order valence-corrected chi connectivity index (χ4v) is 2.86. The molecule has 6 N–H and O–H groups in total. The number of likely N-dealkylation sites (N-methyl/N-ethyl adjacent to an activating group) is 1. The summed E-state index contributed by atoms with van der Waals surface area (Å²) < 4.78 is 0. The van der Waals surface area contributed by atoms with E-state index in [0.717, 1.165) is 16.9 Å². The molecule has 0 aliphatic carbocycles. The minimum absolute atomic E-state index is 0.0690. The summed E-state index contributed by atoms with van der Waals surface area (Å²) in [6.45, 7) is 4.64. The first-order chi connectivity index (χ1) is 16.0. The molecular formula is C22H28N10O. The first kappa shape index (κ1) is 23.5. The largest absolute Gasteiger partial charge is 0.368 e. The molecule has 0 aliphatic rings. The second-order valence-corrected chi connectivity index (χ2v) is 7.41. The zero-order valence-electron chi connectivity index (χ0n) is 18.9. The smallest absolute Gasteiger partial charge is 0.236 e. The van der Waals surface area contributed by atoms with Crippen LogP contribution >= 0.6 is 0 Å². The van der Waals surface area contributed by atoms with E-state index in [1.807, 2.05) is 37.3 Å². The van der Waals surface area contributed by atoms with Gasteiger partial charge in [-0.25, -0.2) is 0 Å². The molecule has 1 aromatic carbocycles. The van der Waals surface area contributed by atoms with Gasteiger partial charge in [0.1, 0.15) is 11.6 Å². The number of amides is 1. The van der Waals surface area contributed by atoms with Gasteiger partial charge in [0.05, 0.1) is 18.5 Å². The van der Waals surface area contributed by atoms with Crippen molar-refractivity contribution in [2.75, 3.05) is 36.1 Å². The fourth-order valence-electron chi connectivity index (χ4n) is 2.86. The van der Waals surface area contributed by atoms with Crippen molar-refractivity contribution in [2.24, 2.45) is 0 Å². The van der Waals surface area contributed by atoms with Gasteiger partial charge in [0.25, 0.3) is 0 Å². The Morgan fingerprint density at radius 1 is 1.09 bits per heavy atom. The lowest BCUT2D eigenvalue weighted by molar-refractivity contribution is -0.122. The number of hydrogen-bond acceptors (Lipinski definition) is 9. The van der Waals surface area contributed by atoms with E-state index in [4.69, 9.17) is 5.26 Å². The van der Waals surface area contributed by atoms with Crippen LogP contribution in [0.2, 0.25) is 0 Å². The van der Waals surface area contributed by atoms with Gasteiger partial charge in [-0.05, 0) is 38.6 Å². The SMILES string of the molecule is CN[C@@H](C)C(=O)NCCNc1cc(Nc2cc(C)[nH]n2)nc(Nc2ccc(CC#N)cc2)n1. The highest BCUT2D eigenvalue weighted by atomic mass is 16.2. The number of aryl methyl sites for hydroxylation is 1. The highest BCUT2D eigenvalue weighted by Gasteiger charge is 2.10. The van der Waals surface area contributed by atoms with Crippen LogP contribution in [0, 0.1) is 18.3 Å². The minimum atomic E-state index is -0.257. The number of nitrogens with zero attached hydrogens (tertiary/aromatic N) is 4. The highest BCUT2D eigenvalue weighted by molar-refractivity contribution is 5.81. The molecule has 0 saturated heterocycles. The van der Waals surface area contributed by atoms with Crippen molar-refractivity contribution < 1.29 is 4.79 Å². The second kappa shape index (κ2) is 11.4. The molecule has 1 atom stereocenters. The van der Waals surface area contributed by atoms with E-state index in [2.05, 4.69) is 52.8 Å². The van der Waals surface area contributed by atoms with Gasteiger partial charge in [-0.3, -0.25) is 9.89 Å². The highest BCUT2D eigenvalue weighted by Crippen LogP contribution is 2.21. The van der Waals surface area contributed by atoms with Crippen molar-refractivity contribution in [1.82, 2.24) is 30.8 Å². The third-order valence-corrected chi connectivity index (χ3v) is 4.74. The molecule has 11 nitrogen and oxygen atoms in total. The van der Waals surface area contributed by atoms with Crippen LogP contribution in [0.5, 0.6) is 0 Å². The van der Waals surface area contributed by atoms with E-state index in [0.29, 0.717) is 42.9 Å². The van der Waals surface area contributed by atoms with Crippen LogP contribution in [0.4, 0.5) is 29.1 Å². The van der Waals surface area contributed by atoms with E-state index in [1.54, 1.807) is 20.0 Å². The van der Waals surface area contributed by atoms with Gasteiger partial charge < -0.3 is 26.6 Å². The van der Waals surface area contributed by atoms with E-state index < -0.39 is 0 Å². The third-order valence-electron chi connectivity index (χ3n) is 4.74. The monoisotopic (exact) mass is 448 g/mol. The van der Waals surface area contributed by atoms with Crippen molar-refractivity contribution in [3.8, 4) is 6.07 Å². The molecule has 3 rings (SSSR count). The molecule has 0 bridgehead atoms. The summed E-state index contributed by atoms with van der Waals surface area (Å²) in [5, 5.41) is 31.2. The van der Waals surface area contributed by atoms with Crippen molar-refractivity contribution in [2.45, 2.75) is 26.3 Å². The summed E-state index contributed by atoms with van der Waals surface area (Å²) in [6, 6.07) is 13.0. The Hall–Kier alpha value is -4.17. The molecule has 2 heterocycles. The van der Waals surface area contributed by atoms with Crippen LogP contribution in [0.15, 0.2) is 36.4 Å². The maximum Gasteiger partial charge on any atom is 0.236 e. The quantitative estimate of drug-likeness (QED) is 0.242. The fraction of sp³-hybridized carbons (Fsp3) is 0.318. The van der Waals surface area contributed by atoms with Gasteiger partial charge in [-0.15, -0.1) is 0 Å². The average Bonchev–Trinajstić information content (AvgIpc) is 3.21. The minimum Gasteiger partial charge on any atom is -0.368 e. The zero-order valence-corrected chi connectivity index (χ0v) is 18.9. The van der Waals surface area contributed by atoms with Crippen molar-refractivity contribution in [3.05, 3.63) is 47.7 Å². The lowest BCUT2D eigenvalue weighted by Gasteiger charge is -2.13. The number of nitrogens with one attached hydrogen (secondary N) is 6. The van der Waals surface area contributed by atoms with Gasteiger partial charge in [0, 0.05) is 36.6 Å². The molecule has 3 aromatic rings. The van der Waals surface area contributed by atoms with Gasteiger partial charge >= 0.3 is 0 Å². The van der Waals surface area contributed by atoms with Crippen LogP contribution in [-0.4, -0.2) is 52.3 Å². The Balaban J connectivity index is 1.71. The van der Waals surface area contributed by atoms with Crippen LogP contribution in [0.1, 0.15) is 18.2 Å². The summed E-state index contributed by atoms with van der Waals surface area (Å²) in [6.07, 6.45) is 0.358. The maximum atomic E-state index is 11.9. The molecule has 11 heteroatoms. The Kier molecular flexibility index (Phi) is 8.15. The first-order valence-corrected chi connectivity index (χ1v) is 10.6. The van der Waals surface area contributed by atoms with E-state index in [-0.39, 0.29) is 11.9 Å². The lowest BCUT2D eigenvalue weighted by Crippen LogP contribution is -2.42. The molecule has 33 heavy (non-hydrogen) atoms. The van der Waals surface area contributed by atoms with Gasteiger partial charge in [-0.1, -0.05) is 12.1 Å². The number of benzene rings is 1. The number of anilines is 5. The van der Waals surface area contributed by atoms with E-state index in [1.165, 1.54) is 0 Å². The molecule has 172 valence electrons. The zero-order chi connectivity index (χ0) is 23.6. The summed E-state index contributed by atoms with van der Waals surface area (Å²) in [7, 11) is 1.74. The molecule has 0 spiro atoms. The summed E-state index contributed by atoms with van der Waals surface area (Å²) in [5.41, 5.74) is 2.65. The van der Waals surface area contributed by atoms with Crippen LogP contribution in [0.25, 0.3) is 0 Å². The number of aromatic amines is 1. The molecule has 0 fully saturated rings. The number of rotatable bonds is 11. The summed E-state index contributed by atoms with van der Waals surface area (Å²) >= 11 is 0. The van der Waals surface area contributed by atoms with Crippen LogP contribution in [-0.2, 0) is 11.2 Å². The normalized spacial score (nSPS) is 11.3. The van der Waals surface area contributed by atoms with Gasteiger partial charge in [0.2, 0.25) is 11.9 Å². The average molecular weight is 449 g/mol. The number of carbonyl (C=O) groups is 1. The standard InChI is InChI=1S/C22H28N10O/c1-14-12-20(32-31-14)28-19-13-18(25-10-11-26-21(33)15(2)24-3)29-22(30-19)27-17-6-4-16(5-7-17)8-9-23/h4-7,12-13,15,24H,8,10-11H2,1-3H3,(H,26,33)(H4,25,27,28,29,30,31,32)/t15-/m0/s1. The first-order valence-electron chi connectivity index (χ1n) is 10.6. The number of carbonyl (C=O) groups excluding carboxylic acids is 1. The number of aromatic nitrogens is 4. The predicted molar refractivity (Wildman–Crippen MR) is 128 cm³/mol. The van der Waals surface area contributed by atoms with Crippen LogP contribution < -0.4 is 26.6 Å². The number of nitriles is 1. The molecule has 0 unspecified atom stereocenters. The third kappa shape index (κ3) is 7.19. The molecular weight excluding hydrogens is 420 g/mol. The van der Waals surface area contributed by atoms with Crippen molar-refractivity contribution in [3.63, 3.8) is 0 Å². The Morgan fingerprint density at radius 2 is 1.85 bits per heavy atom. The van der Waals surface area contributed by atoms with E-state index in [9.17, 15) is 4.79 Å². The van der Waals surface area contributed by atoms with Crippen molar-refractivity contribution >= 4 is 35.0 Å². The Morgan fingerprint density at radius 3 is 2.52 bits per heavy atom. The predicted octanol–water partition coefficient (Wildman–Crippen LogP) is 2.20. The van der Waals surface area contributed by atoms with Crippen molar-refractivity contribution in [1.29, 1.82) is 5.26 Å². The second-order valence-electron chi connectivity index (χ2n) is 7.41. The molecule has 0 radical (unpaired) electrons. The number of hydrogen-bond donors (Lipinski definition) is 6. The van der Waals surface area contributed by atoms with Gasteiger partial charge in [0.15, 0.2) is 5.82 Å². The number of H-pyrrole nitrogens is 1. The Labute approximate surface area is 192 Å². The molecule has 0 aliphatic heterocycles. The Bertz CT molecular complexity index is 1100. The maximum absolute atomic E-state index is 11.9.